The van der Waals surface area contributed by atoms with Crippen LogP contribution in [0.2, 0.25) is 0 Å². The number of unbranched alkanes of at least 4 members (excludes halogenated alkanes) is 12. The lowest BCUT2D eigenvalue weighted by molar-refractivity contribution is 0.127. The van der Waals surface area contributed by atoms with Crippen molar-refractivity contribution in [1.29, 1.82) is 0 Å². The smallest absolute Gasteiger partial charge is 0.0822 e. The maximum atomic E-state index is 10.3. The summed E-state index contributed by atoms with van der Waals surface area (Å²) in [6.07, 6.45) is 17.9. The van der Waals surface area contributed by atoms with Gasteiger partial charge in [-0.05, 0) is 19.3 Å². The number of rotatable bonds is 17. The first kappa shape index (κ1) is 19.9. The summed E-state index contributed by atoms with van der Waals surface area (Å²) >= 11 is 0. The Kier molecular flexibility index (Phi) is 18.8. The molecule has 0 aliphatic carbocycles. The molecule has 0 aliphatic heterocycles. The van der Waals surface area contributed by atoms with Crippen molar-refractivity contribution >= 4 is 0 Å². The van der Waals surface area contributed by atoms with Crippen LogP contribution in [0.25, 0.3) is 0 Å². The van der Waals surface area contributed by atoms with Crippen LogP contribution in [0.3, 0.4) is 0 Å². The van der Waals surface area contributed by atoms with Crippen molar-refractivity contribution in [2.45, 2.75) is 96.8 Å². The van der Waals surface area contributed by atoms with Crippen LogP contribution in [0.5, 0.6) is 0 Å². The van der Waals surface area contributed by atoms with E-state index in [1.807, 2.05) is 0 Å². The molecule has 0 spiro atoms. The molecule has 0 saturated carbocycles. The molecule has 0 bridgehead atoms. The highest BCUT2D eigenvalue weighted by Crippen LogP contribution is 2.11. The van der Waals surface area contributed by atoms with Gasteiger partial charge in [-0.2, -0.15) is 0 Å². The highest BCUT2D eigenvalue weighted by molar-refractivity contribution is 4.48. The summed E-state index contributed by atoms with van der Waals surface area (Å²) in [6, 6.07) is 0. The quantitative estimate of drug-likeness (QED) is 0.305. The largest absolute Gasteiger partial charge is 0.381 e. The summed E-state index contributed by atoms with van der Waals surface area (Å²) in [5.41, 5.74) is 0. The summed E-state index contributed by atoms with van der Waals surface area (Å²) in [6.45, 7) is 4.23. The first-order valence-corrected chi connectivity index (χ1v) is 9.07. The molecular formula is C18H37O2. The predicted molar refractivity (Wildman–Crippen MR) is 86.7 cm³/mol. The summed E-state index contributed by atoms with van der Waals surface area (Å²) < 4.78 is 5.55. The summed E-state index contributed by atoms with van der Waals surface area (Å²) in [7, 11) is 0. The average molecular weight is 285 g/mol. The van der Waals surface area contributed by atoms with Crippen LogP contribution in [-0.4, -0.2) is 19.8 Å². The van der Waals surface area contributed by atoms with Crippen molar-refractivity contribution in [2.75, 3.05) is 19.8 Å². The highest BCUT2D eigenvalue weighted by atomic mass is 16.5. The normalized spacial score (nSPS) is 11.1. The molecule has 0 rings (SSSR count). The minimum atomic E-state index is 0.115. The topological polar surface area (TPSA) is 29.1 Å². The van der Waals surface area contributed by atoms with Gasteiger partial charge in [-0.3, -0.25) is 0 Å². The van der Waals surface area contributed by atoms with E-state index in [1.165, 1.54) is 77.0 Å². The molecule has 0 aliphatic rings. The lowest BCUT2D eigenvalue weighted by atomic mass is 10.1. The third-order valence-electron chi connectivity index (χ3n) is 3.83. The maximum Gasteiger partial charge on any atom is 0.0822 e. The van der Waals surface area contributed by atoms with Gasteiger partial charge in [0.15, 0.2) is 0 Å². The molecule has 0 aromatic heterocycles. The molecule has 121 valence electrons. The Morgan fingerprint density at radius 2 is 0.950 bits per heavy atom. The van der Waals surface area contributed by atoms with Crippen LogP contribution in [0.4, 0.5) is 0 Å². The van der Waals surface area contributed by atoms with E-state index in [2.05, 4.69) is 6.92 Å². The fourth-order valence-corrected chi connectivity index (χ4v) is 2.42. The Morgan fingerprint density at radius 3 is 1.40 bits per heavy atom. The minimum absolute atomic E-state index is 0.115. The molecule has 2 nitrogen and oxygen atoms in total. The van der Waals surface area contributed by atoms with E-state index in [4.69, 9.17) is 4.74 Å². The molecule has 0 heterocycles. The van der Waals surface area contributed by atoms with Crippen LogP contribution >= 0.6 is 0 Å². The fraction of sp³-hybridized carbons (Fsp3) is 1.00. The van der Waals surface area contributed by atoms with E-state index in [9.17, 15) is 5.11 Å². The zero-order valence-electron chi connectivity index (χ0n) is 13.8. The van der Waals surface area contributed by atoms with Crippen LogP contribution in [0.1, 0.15) is 96.8 Å². The number of hydrogen-bond acceptors (Lipinski definition) is 1. The molecule has 0 unspecified atom stereocenters. The third-order valence-corrected chi connectivity index (χ3v) is 3.83. The van der Waals surface area contributed by atoms with Crippen molar-refractivity contribution in [2.24, 2.45) is 0 Å². The van der Waals surface area contributed by atoms with Crippen molar-refractivity contribution in [3.05, 3.63) is 0 Å². The van der Waals surface area contributed by atoms with E-state index in [-0.39, 0.29) is 6.61 Å². The number of ether oxygens (including phenoxy) is 1. The summed E-state index contributed by atoms with van der Waals surface area (Å²) in [5.74, 6) is 0. The van der Waals surface area contributed by atoms with Gasteiger partial charge in [-0.15, -0.1) is 0 Å². The Hall–Kier alpha value is -0.0800. The van der Waals surface area contributed by atoms with Crippen LogP contribution in [0, 0.1) is 0 Å². The Labute approximate surface area is 127 Å². The van der Waals surface area contributed by atoms with Crippen LogP contribution in [0.15, 0.2) is 0 Å². The Morgan fingerprint density at radius 1 is 0.550 bits per heavy atom. The predicted octanol–water partition coefficient (Wildman–Crippen LogP) is 5.91. The lowest BCUT2D eigenvalue weighted by Crippen LogP contribution is -1.96. The maximum absolute atomic E-state index is 10.3. The van der Waals surface area contributed by atoms with Crippen molar-refractivity contribution in [3.63, 3.8) is 0 Å². The van der Waals surface area contributed by atoms with Gasteiger partial charge >= 0.3 is 0 Å². The fourth-order valence-electron chi connectivity index (χ4n) is 2.42. The van der Waals surface area contributed by atoms with E-state index in [0.29, 0.717) is 0 Å². The van der Waals surface area contributed by atoms with E-state index < -0.39 is 0 Å². The molecule has 1 radical (unpaired) electrons. The van der Waals surface area contributed by atoms with Crippen molar-refractivity contribution in [3.8, 4) is 0 Å². The zero-order valence-corrected chi connectivity index (χ0v) is 13.8. The van der Waals surface area contributed by atoms with Gasteiger partial charge in [-0.1, -0.05) is 77.6 Å². The average Bonchev–Trinajstić information content (AvgIpc) is 2.47. The summed E-state index contributed by atoms with van der Waals surface area (Å²) in [4.78, 5) is 0. The Balaban J connectivity index is 2.89. The van der Waals surface area contributed by atoms with E-state index in [0.717, 1.165) is 26.1 Å². The Bertz CT molecular complexity index is 141. The van der Waals surface area contributed by atoms with E-state index in [1.54, 1.807) is 0 Å². The van der Waals surface area contributed by atoms with Gasteiger partial charge in [0.2, 0.25) is 0 Å². The molecule has 0 aromatic carbocycles. The molecule has 0 amide bonds. The highest BCUT2D eigenvalue weighted by Gasteiger charge is 1.94. The molecule has 0 saturated heterocycles. The molecule has 0 fully saturated rings. The number of hydrogen-bond donors (Lipinski definition) is 0. The second kappa shape index (κ2) is 18.9. The molecular weight excluding hydrogens is 248 g/mol. The molecule has 20 heavy (non-hydrogen) atoms. The van der Waals surface area contributed by atoms with Crippen molar-refractivity contribution < 1.29 is 9.84 Å². The molecule has 0 N–H and O–H groups in total. The van der Waals surface area contributed by atoms with Gasteiger partial charge in [-0.25, -0.2) is 5.11 Å². The monoisotopic (exact) mass is 285 g/mol. The van der Waals surface area contributed by atoms with Gasteiger partial charge in [0.1, 0.15) is 0 Å². The first-order chi connectivity index (χ1) is 9.91. The van der Waals surface area contributed by atoms with Gasteiger partial charge in [0, 0.05) is 13.2 Å². The third kappa shape index (κ3) is 17.9. The van der Waals surface area contributed by atoms with Crippen LogP contribution in [-0.2, 0) is 9.84 Å². The summed E-state index contributed by atoms with van der Waals surface area (Å²) in [5, 5.41) is 10.3. The zero-order chi connectivity index (χ0) is 14.7. The van der Waals surface area contributed by atoms with Crippen molar-refractivity contribution in [1.82, 2.24) is 0 Å². The molecule has 0 aromatic rings. The SMILES string of the molecule is CCCCOCCCCCCCCCCCCCC[O]. The van der Waals surface area contributed by atoms with Gasteiger partial charge in [0.05, 0.1) is 6.61 Å². The van der Waals surface area contributed by atoms with Crippen LogP contribution < -0.4 is 0 Å². The lowest BCUT2D eigenvalue weighted by Gasteiger charge is -2.04. The second-order valence-corrected chi connectivity index (χ2v) is 5.91. The molecule has 0 atom stereocenters. The van der Waals surface area contributed by atoms with Gasteiger partial charge < -0.3 is 4.74 Å². The molecule has 2 heteroatoms. The minimum Gasteiger partial charge on any atom is -0.381 e. The standard InChI is InChI=1S/C18H37O2/c1-2-3-17-20-18-15-13-11-9-7-5-4-6-8-10-12-14-16-19/h2-18H2,1H3. The van der Waals surface area contributed by atoms with E-state index >= 15 is 0 Å². The van der Waals surface area contributed by atoms with Gasteiger partial charge in [0.25, 0.3) is 0 Å². The first-order valence-electron chi connectivity index (χ1n) is 9.07. The second-order valence-electron chi connectivity index (χ2n) is 5.91.